The Morgan fingerprint density at radius 2 is 0.493 bits per heavy atom. The molecule has 24 rings (SSSR count). The zero-order valence-electron chi connectivity index (χ0n) is 76.6. The monoisotopic (exact) mass is 2040 g/mol. The molecular weight excluding hydrogens is 1950 g/mol. The summed E-state index contributed by atoms with van der Waals surface area (Å²) in [6.07, 6.45) is 19.6. The maximum Gasteiger partial charge on any atom is 0.278 e. The summed E-state index contributed by atoms with van der Waals surface area (Å²) in [5.41, 5.74) is 2.16. The van der Waals surface area contributed by atoms with Crippen molar-refractivity contribution in [2.24, 2.45) is 0 Å². The molecule has 4 aromatic heterocycles. The SMILES string of the molecule is C[C@@H]1/C=C/COc2cc(F)c(F)c3c2[C@H](c2ccccc2SC3)N2CN1C(=O)c1c(O)c(=O)ccn12.C[C@@H]1/C=C\COc2cc(F)c(F)c3c2[C@H](c2ccccc2SC3)N2CN1C(=O)c1c(O)c(=O)ccn12.C[C@H]1/C=C/COc2cc(F)c(F)c3c2[C@@H](c2ccccc2SC3)N2CN1C(=O)c1c(O)c(=O)ccn12.C[C@H]1/C=C\COc2cc(F)c(F)c3c2[C@@H](c2ccccc2SC3)N2CN1C(=O)c1c(O)c(=O)ccn12. The van der Waals surface area contributed by atoms with Gasteiger partial charge in [-0.25, -0.2) is 35.1 Å². The first-order chi connectivity index (χ1) is 69.5. The number of amides is 4. The number of halogens is 8. The molecule has 736 valence electrons. The molecule has 28 nitrogen and oxygen atoms in total. The second-order valence-electron chi connectivity index (χ2n) is 35.4. The fourth-order valence-electron chi connectivity index (χ4n) is 20.2. The van der Waals surface area contributed by atoms with E-state index in [1.807, 2.05) is 125 Å². The van der Waals surface area contributed by atoms with Crippen LogP contribution in [0.2, 0.25) is 0 Å². The Hall–Kier alpha value is -15.2. The van der Waals surface area contributed by atoms with Gasteiger partial charge in [0.05, 0.1) is 0 Å². The number of carbonyl (C=O) groups excluding carboxylic acids is 4. The standard InChI is InChI=1S/4C26H21F2N3O4S/c4*1-14-5-4-10-35-19-11-17(27)22(28)16-12-36-20-7-3-2-6-15(20)23(21(16)19)31-13-29(14)26(34)24-25(33)18(32)8-9-30(24)31/h4*2-9,11,14,23,33H,10,12-13H2,1H3/b2*5-4+;2*5-4-/t4*14-,23+/m1010/s1. The van der Waals surface area contributed by atoms with Crippen molar-refractivity contribution < 1.29 is 93.7 Å². The van der Waals surface area contributed by atoms with Gasteiger partial charge in [-0.15, -0.1) is 47.0 Å². The van der Waals surface area contributed by atoms with Crippen LogP contribution in [-0.2, 0) is 23.0 Å². The highest BCUT2D eigenvalue weighted by atomic mass is 32.2. The van der Waals surface area contributed by atoms with Crippen LogP contribution in [0.15, 0.2) is 258 Å². The van der Waals surface area contributed by atoms with Crippen LogP contribution >= 0.6 is 47.0 Å². The van der Waals surface area contributed by atoms with Gasteiger partial charge in [0.15, 0.2) is 92.3 Å². The van der Waals surface area contributed by atoms with Crippen molar-refractivity contribution in [3.8, 4) is 46.0 Å². The zero-order valence-corrected chi connectivity index (χ0v) is 79.9. The maximum atomic E-state index is 15.3. The number of fused-ring (bicyclic) bond motifs is 28. The Labute approximate surface area is 831 Å². The second kappa shape index (κ2) is 37.9. The summed E-state index contributed by atoms with van der Waals surface area (Å²) in [6.45, 7) is 7.82. The second-order valence-corrected chi connectivity index (χ2v) is 39.5. The highest BCUT2D eigenvalue weighted by molar-refractivity contribution is 7.99. The summed E-state index contributed by atoms with van der Waals surface area (Å²) in [5.74, 6) is -11.0. The summed E-state index contributed by atoms with van der Waals surface area (Å²) in [4.78, 5) is 113. The lowest BCUT2D eigenvalue weighted by molar-refractivity contribution is 0.0634. The van der Waals surface area contributed by atoms with E-state index in [0.717, 1.165) is 66.1 Å². The van der Waals surface area contributed by atoms with Crippen molar-refractivity contribution >= 4 is 70.7 Å². The largest absolute Gasteiger partial charge is 0.502 e. The van der Waals surface area contributed by atoms with Gasteiger partial charge in [0.1, 0.15) is 100 Å². The highest BCUT2D eigenvalue weighted by Gasteiger charge is 2.49. The molecule has 12 aromatic rings. The van der Waals surface area contributed by atoms with Crippen LogP contribution in [0, 0.1) is 46.5 Å². The molecule has 12 aliphatic rings. The van der Waals surface area contributed by atoms with E-state index < -0.39 is 163 Å². The van der Waals surface area contributed by atoms with Crippen LogP contribution in [0.4, 0.5) is 35.1 Å². The Kier molecular flexibility index (Phi) is 25.0. The fraction of sp³-hybridized carbons (Fsp3) is 0.231. The number of benzene rings is 8. The van der Waals surface area contributed by atoms with E-state index in [2.05, 4.69) is 0 Å². The summed E-state index contributed by atoms with van der Waals surface area (Å²) in [6, 6.07) is 34.5. The first-order valence-electron chi connectivity index (χ1n) is 45.6. The van der Waals surface area contributed by atoms with Crippen molar-refractivity contribution in [1.29, 1.82) is 0 Å². The van der Waals surface area contributed by atoms with Gasteiger partial charge < -0.3 is 59.0 Å². The lowest BCUT2D eigenvalue weighted by Gasteiger charge is -2.45. The van der Waals surface area contributed by atoms with Gasteiger partial charge in [0, 0.05) is 185 Å². The predicted molar refractivity (Wildman–Crippen MR) is 520 cm³/mol. The van der Waals surface area contributed by atoms with Crippen LogP contribution in [0.3, 0.4) is 0 Å². The average molecular weight is 2040 g/mol. The molecule has 0 aliphatic carbocycles. The fourth-order valence-corrected chi connectivity index (χ4v) is 24.6. The molecule has 12 aliphatic heterocycles. The van der Waals surface area contributed by atoms with Gasteiger partial charge >= 0.3 is 0 Å². The molecular formula is C104H84F8N12O16S4. The molecule has 0 unspecified atom stereocenters. The highest BCUT2D eigenvalue weighted by Crippen LogP contribution is 2.55. The number of nitrogens with zero attached hydrogens (tertiary/aromatic N) is 12. The maximum absolute atomic E-state index is 15.3. The first kappa shape index (κ1) is 95.0. The van der Waals surface area contributed by atoms with Crippen molar-refractivity contribution in [3.05, 3.63) is 396 Å². The third-order valence-electron chi connectivity index (χ3n) is 27.3. The zero-order chi connectivity index (χ0) is 101. The van der Waals surface area contributed by atoms with Gasteiger partial charge in [-0.3, -0.25) is 77.1 Å². The molecule has 4 N–H and O–H groups in total. The predicted octanol–water partition coefficient (Wildman–Crippen LogP) is 15.7. The number of pyridine rings is 4. The van der Waals surface area contributed by atoms with Crippen molar-refractivity contribution in [3.63, 3.8) is 0 Å². The van der Waals surface area contributed by atoms with Crippen molar-refractivity contribution in [2.75, 3.05) is 73.1 Å². The normalized spacial score (nSPS) is 21.4. The van der Waals surface area contributed by atoms with Crippen LogP contribution in [-0.4, -0.2) is 160 Å². The van der Waals surface area contributed by atoms with E-state index in [4.69, 9.17) is 18.9 Å². The van der Waals surface area contributed by atoms with Gasteiger partial charge in [0.2, 0.25) is 21.7 Å². The van der Waals surface area contributed by atoms with E-state index in [9.17, 15) is 76.3 Å². The van der Waals surface area contributed by atoms with E-state index in [0.29, 0.717) is 22.3 Å². The lowest BCUT2D eigenvalue weighted by Crippen LogP contribution is -2.57. The molecule has 144 heavy (non-hydrogen) atoms. The van der Waals surface area contributed by atoms with Gasteiger partial charge in [-0.05, 0) is 98.5 Å². The number of hydrogen-bond acceptors (Lipinski definition) is 24. The van der Waals surface area contributed by atoms with Gasteiger partial charge in [-0.1, -0.05) is 97.1 Å². The topological polar surface area (TPSA) is 300 Å². The number of thioether (sulfide) groups is 4. The summed E-state index contributed by atoms with van der Waals surface area (Å²) in [7, 11) is 0. The molecule has 40 heteroatoms. The summed E-state index contributed by atoms with van der Waals surface area (Å²) >= 11 is 5.54. The molecule has 0 spiro atoms. The quantitative estimate of drug-likeness (QED) is 0.0810. The molecule has 0 fully saturated rings. The number of rotatable bonds is 0. The van der Waals surface area contributed by atoms with Crippen LogP contribution in [0.1, 0.15) is 161 Å². The smallest absolute Gasteiger partial charge is 0.278 e. The molecule has 16 heterocycles. The molecule has 0 radical (unpaired) electrons. The van der Waals surface area contributed by atoms with Crippen LogP contribution in [0.5, 0.6) is 46.0 Å². The van der Waals surface area contributed by atoms with E-state index in [1.165, 1.54) is 134 Å². The van der Waals surface area contributed by atoms with E-state index >= 15 is 17.6 Å². The first-order valence-corrected chi connectivity index (χ1v) is 49.6. The molecule has 8 aromatic carbocycles. The minimum Gasteiger partial charge on any atom is -0.502 e. The van der Waals surface area contributed by atoms with E-state index in [-0.39, 0.29) is 144 Å². The van der Waals surface area contributed by atoms with Crippen LogP contribution in [0.25, 0.3) is 0 Å². The molecule has 0 saturated heterocycles. The Morgan fingerprint density at radius 3 is 0.701 bits per heavy atom. The number of ether oxygens (including phenoxy) is 4. The minimum atomic E-state index is -1.00. The minimum absolute atomic E-state index is 0.0567. The Bertz CT molecular complexity index is 6920. The number of carbonyl (C=O) groups is 4. The summed E-state index contributed by atoms with van der Waals surface area (Å²) in [5, 5.41) is 49.9. The van der Waals surface area contributed by atoms with Crippen LogP contribution < -0.4 is 60.7 Å². The molecule has 8 atom stereocenters. The third kappa shape index (κ3) is 16.1. The number of hydrogen-bond donors (Lipinski definition) is 4. The molecule has 4 amide bonds. The average Bonchev–Trinajstić information content (AvgIpc) is 1.31. The molecule has 0 saturated carbocycles. The Morgan fingerprint density at radius 1 is 0.292 bits per heavy atom. The third-order valence-corrected chi connectivity index (χ3v) is 31.7. The number of aromatic hydroxyl groups is 4. The van der Waals surface area contributed by atoms with E-state index in [1.54, 1.807) is 68.6 Å². The lowest BCUT2D eigenvalue weighted by atomic mass is 9.92. The summed E-state index contributed by atoms with van der Waals surface area (Å²) < 4.78 is 150. The molecule has 8 bridgehead atoms. The van der Waals surface area contributed by atoms with Gasteiger partial charge in [0.25, 0.3) is 23.6 Å². The van der Waals surface area contributed by atoms with Gasteiger partial charge in [-0.2, -0.15) is 0 Å². The number of aromatic nitrogens is 4. The van der Waals surface area contributed by atoms with Crippen molar-refractivity contribution in [2.45, 2.75) is 119 Å². The Balaban J connectivity index is 0.000000113. The van der Waals surface area contributed by atoms with Crippen molar-refractivity contribution in [1.82, 2.24) is 38.3 Å².